The minimum Gasteiger partial charge on any atom is -0.465 e. The number of carbonyl (C=O) groups excluding carboxylic acids is 1. The molecule has 0 aliphatic carbocycles. The molecule has 2 N–H and O–H groups in total. The molecule has 1 aliphatic heterocycles. The zero-order valence-electron chi connectivity index (χ0n) is 13.9. The third-order valence-electron chi connectivity index (χ3n) is 4.14. The lowest BCUT2D eigenvalue weighted by molar-refractivity contribution is -0.146. The molecule has 25 heavy (non-hydrogen) atoms. The fourth-order valence-electron chi connectivity index (χ4n) is 2.99. The van der Waals surface area contributed by atoms with E-state index in [1.165, 1.54) is 0 Å². The van der Waals surface area contributed by atoms with Crippen molar-refractivity contribution in [2.24, 2.45) is 10.9 Å². The van der Waals surface area contributed by atoms with Crippen molar-refractivity contribution in [3.63, 3.8) is 0 Å². The Bertz CT molecular complexity index is 785. The number of esters is 1. The molecule has 0 bridgehead atoms. The fourth-order valence-corrected chi connectivity index (χ4v) is 2.99. The zero-order valence-corrected chi connectivity index (χ0v) is 13.9. The smallest absolute Gasteiger partial charge is 0.317 e. The lowest BCUT2D eigenvalue weighted by Gasteiger charge is -2.28. The van der Waals surface area contributed by atoms with Gasteiger partial charge in [-0.1, -0.05) is 60.7 Å². The topological polar surface area (TPSA) is 70.9 Å². The van der Waals surface area contributed by atoms with E-state index >= 15 is 0 Å². The molecule has 3 rings (SSSR count). The van der Waals surface area contributed by atoms with Gasteiger partial charge < -0.3 is 4.74 Å². The van der Waals surface area contributed by atoms with Crippen LogP contribution in [0.4, 0.5) is 0 Å². The minimum absolute atomic E-state index is 0.189. The Kier molecular flexibility index (Phi) is 5.26. The minimum atomic E-state index is -0.722. The van der Waals surface area contributed by atoms with Gasteiger partial charge in [0.2, 0.25) is 0 Å². The monoisotopic (exact) mass is 336 g/mol. The molecule has 0 radical (unpaired) electrons. The van der Waals surface area contributed by atoms with Crippen LogP contribution in [-0.4, -0.2) is 23.6 Å². The van der Waals surface area contributed by atoms with Crippen molar-refractivity contribution < 1.29 is 14.7 Å². The highest BCUT2D eigenvalue weighted by molar-refractivity contribution is 6.05. The van der Waals surface area contributed by atoms with Crippen LogP contribution in [0, 0.1) is 5.92 Å². The molecule has 128 valence electrons. The van der Waals surface area contributed by atoms with Crippen molar-refractivity contribution in [3.8, 4) is 0 Å². The maximum Gasteiger partial charge on any atom is 0.317 e. The summed E-state index contributed by atoms with van der Waals surface area (Å²) in [5.74, 6) is -1.24. The number of nitrogens with zero attached hydrogens (tertiary/aromatic N) is 1. The SMILES string of the molecule is CCOC(=O)C1C(NO)=NC(c2ccccc2)=CC1c1ccccc1. The second-order valence-corrected chi connectivity index (χ2v) is 5.69. The van der Waals surface area contributed by atoms with Gasteiger partial charge in [0, 0.05) is 5.92 Å². The molecule has 0 saturated heterocycles. The molecule has 2 atom stereocenters. The largest absolute Gasteiger partial charge is 0.465 e. The van der Waals surface area contributed by atoms with E-state index in [1.807, 2.05) is 66.7 Å². The number of hydrogen-bond donors (Lipinski definition) is 2. The highest BCUT2D eigenvalue weighted by Crippen LogP contribution is 2.36. The summed E-state index contributed by atoms with van der Waals surface area (Å²) < 4.78 is 5.21. The lowest BCUT2D eigenvalue weighted by Crippen LogP contribution is -2.40. The van der Waals surface area contributed by atoms with Gasteiger partial charge in [0.1, 0.15) is 11.8 Å². The fraction of sp³-hybridized carbons (Fsp3) is 0.200. The second kappa shape index (κ2) is 7.77. The average molecular weight is 336 g/mol. The number of carbonyl (C=O) groups is 1. The van der Waals surface area contributed by atoms with Crippen LogP contribution in [0.1, 0.15) is 24.0 Å². The molecule has 0 amide bonds. The summed E-state index contributed by atoms with van der Waals surface area (Å²) in [5, 5.41) is 9.59. The number of aliphatic imine (C=N–C) groups is 1. The van der Waals surface area contributed by atoms with Crippen molar-refractivity contribution >= 4 is 17.5 Å². The number of amidine groups is 1. The van der Waals surface area contributed by atoms with E-state index in [4.69, 9.17) is 4.74 Å². The molecule has 2 aromatic rings. The van der Waals surface area contributed by atoms with Crippen LogP contribution in [0.2, 0.25) is 0 Å². The molecule has 0 fully saturated rings. The molecule has 1 heterocycles. The molecule has 2 unspecified atom stereocenters. The molecule has 5 heteroatoms. The normalized spacial score (nSPS) is 19.6. The van der Waals surface area contributed by atoms with Gasteiger partial charge in [-0.2, -0.15) is 0 Å². The van der Waals surface area contributed by atoms with Crippen molar-refractivity contribution in [2.75, 3.05) is 6.61 Å². The van der Waals surface area contributed by atoms with Gasteiger partial charge in [-0.3, -0.25) is 15.5 Å². The van der Waals surface area contributed by atoms with Crippen LogP contribution < -0.4 is 5.48 Å². The highest BCUT2D eigenvalue weighted by Gasteiger charge is 2.37. The summed E-state index contributed by atoms with van der Waals surface area (Å²) in [6.07, 6.45) is 1.95. The Morgan fingerprint density at radius 1 is 1.12 bits per heavy atom. The number of hydrogen-bond acceptors (Lipinski definition) is 5. The van der Waals surface area contributed by atoms with E-state index in [-0.39, 0.29) is 18.4 Å². The third-order valence-corrected chi connectivity index (χ3v) is 4.14. The van der Waals surface area contributed by atoms with Gasteiger partial charge in [-0.25, -0.2) is 4.99 Å². The van der Waals surface area contributed by atoms with Crippen LogP contribution >= 0.6 is 0 Å². The summed E-state index contributed by atoms with van der Waals surface area (Å²) in [5.41, 5.74) is 4.67. The van der Waals surface area contributed by atoms with E-state index in [2.05, 4.69) is 10.5 Å². The zero-order chi connectivity index (χ0) is 17.6. The molecular formula is C20H20N2O3. The van der Waals surface area contributed by atoms with Gasteiger partial charge in [0.05, 0.1) is 12.3 Å². The number of ether oxygens (including phenoxy) is 1. The first-order chi connectivity index (χ1) is 12.2. The number of nitrogens with one attached hydrogen (secondary N) is 1. The first-order valence-electron chi connectivity index (χ1n) is 8.22. The Hall–Kier alpha value is -2.92. The predicted molar refractivity (Wildman–Crippen MR) is 96.1 cm³/mol. The van der Waals surface area contributed by atoms with Crippen molar-refractivity contribution in [2.45, 2.75) is 12.8 Å². The predicted octanol–water partition coefficient (Wildman–Crippen LogP) is 3.38. The quantitative estimate of drug-likeness (QED) is 0.663. The van der Waals surface area contributed by atoms with E-state index in [1.54, 1.807) is 6.92 Å². The summed E-state index contributed by atoms with van der Waals surface area (Å²) in [6.45, 7) is 2.03. The van der Waals surface area contributed by atoms with Crippen LogP contribution in [0.15, 0.2) is 71.7 Å². The van der Waals surface area contributed by atoms with Gasteiger partial charge in [0.25, 0.3) is 0 Å². The molecule has 0 aromatic heterocycles. The molecular weight excluding hydrogens is 316 g/mol. The Labute approximate surface area is 146 Å². The standard InChI is InChI=1S/C20H20N2O3/c1-2-25-20(23)18-16(14-9-5-3-6-10-14)13-17(21-19(18)22-24)15-11-7-4-8-12-15/h3-13,16,18,24H,2H2,1H3,(H,21,22). The number of rotatable bonds is 4. The van der Waals surface area contributed by atoms with E-state index < -0.39 is 11.9 Å². The highest BCUT2D eigenvalue weighted by atomic mass is 16.5. The van der Waals surface area contributed by atoms with Gasteiger partial charge in [-0.05, 0) is 24.1 Å². The number of allylic oxidation sites excluding steroid dienone is 1. The molecule has 2 aromatic carbocycles. The summed E-state index contributed by atoms with van der Waals surface area (Å²) in [4.78, 5) is 17.0. The third kappa shape index (κ3) is 3.61. The van der Waals surface area contributed by atoms with Gasteiger partial charge in [-0.15, -0.1) is 0 Å². The lowest BCUT2D eigenvalue weighted by atomic mass is 9.82. The van der Waals surface area contributed by atoms with E-state index in [9.17, 15) is 10.0 Å². The molecule has 5 nitrogen and oxygen atoms in total. The maximum absolute atomic E-state index is 12.5. The van der Waals surface area contributed by atoms with Crippen LogP contribution in [0.3, 0.4) is 0 Å². The van der Waals surface area contributed by atoms with Gasteiger partial charge in [0.15, 0.2) is 0 Å². The van der Waals surface area contributed by atoms with Crippen LogP contribution in [0.5, 0.6) is 0 Å². The Morgan fingerprint density at radius 3 is 2.36 bits per heavy atom. The number of benzene rings is 2. The van der Waals surface area contributed by atoms with Crippen molar-refractivity contribution in [1.29, 1.82) is 0 Å². The van der Waals surface area contributed by atoms with Crippen LogP contribution in [0.25, 0.3) is 5.70 Å². The van der Waals surface area contributed by atoms with Crippen molar-refractivity contribution in [3.05, 3.63) is 77.9 Å². The molecule has 1 aliphatic rings. The average Bonchev–Trinajstić information content (AvgIpc) is 2.68. The summed E-state index contributed by atoms with van der Waals surface area (Å²) in [7, 11) is 0. The summed E-state index contributed by atoms with van der Waals surface area (Å²) >= 11 is 0. The van der Waals surface area contributed by atoms with Crippen LogP contribution in [-0.2, 0) is 9.53 Å². The Balaban J connectivity index is 2.09. The molecule has 0 spiro atoms. The first kappa shape index (κ1) is 16.9. The van der Waals surface area contributed by atoms with Gasteiger partial charge >= 0.3 is 5.97 Å². The van der Waals surface area contributed by atoms with Crippen molar-refractivity contribution in [1.82, 2.24) is 5.48 Å². The Morgan fingerprint density at radius 2 is 1.76 bits per heavy atom. The first-order valence-corrected chi connectivity index (χ1v) is 8.22. The molecule has 0 saturated carbocycles. The second-order valence-electron chi connectivity index (χ2n) is 5.69. The van der Waals surface area contributed by atoms with E-state index in [0.29, 0.717) is 5.70 Å². The van der Waals surface area contributed by atoms with E-state index in [0.717, 1.165) is 11.1 Å². The number of hydroxylamine groups is 1. The maximum atomic E-state index is 12.5. The summed E-state index contributed by atoms with van der Waals surface area (Å²) in [6, 6.07) is 19.3.